The topological polar surface area (TPSA) is 73.3 Å². The number of carbonyl (C=O) groups excluding carboxylic acids is 2. The minimum absolute atomic E-state index is 0.0106. The molecule has 0 fully saturated rings. The molecular weight excluding hydrogens is 312 g/mol. The second-order valence-electron chi connectivity index (χ2n) is 4.83. The molecule has 0 unspecified atom stereocenters. The number of hydrogen-bond donors (Lipinski definition) is 0. The number of carboxylic acids is 1. The first-order valence-electron chi connectivity index (χ1n) is 7.22. The van der Waals surface area contributed by atoms with Crippen molar-refractivity contribution in [1.29, 1.82) is 0 Å². The van der Waals surface area contributed by atoms with Crippen LogP contribution >= 0.6 is 11.8 Å². The molecule has 6 heteroatoms. The summed E-state index contributed by atoms with van der Waals surface area (Å²) in [4.78, 5) is 29.1. The molecule has 0 aliphatic heterocycles. The highest BCUT2D eigenvalue weighted by molar-refractivity contribution is 8.00. The van der Waals surface area contributed by atoms with Crippen LogP contribution in [-0.4, -0.2) is 34.1 Å². The molecule has 0 aliphatic rings. The maximum atomic E-state index is 12.3. The number of benzene rings is 1. The first kappa shape index (κ1) is 17.0. The highest BCUT2D eigenvalue weighted by Crippen LogP contribution is 2.20. The zero-order valence-electron chi connectivity index (χ0n) is 12.8. The van der Waals surface area contributed by atoms with Crippen molar-refractivity contribution < 1.29 is 14.7 Å². The number of pyridine rings is 1. The second-order valence-corrected chi connectivity index (χ2v) is 5.79. The Bertz CT molecular complexity index is 677. The fourth-order valence-electron chi connectivity index (χ4n) is 2.06. The van der Waals surface area contributed by atoms with Crippen LogP contribution in [0.25, 0.3) is 0 Å². The minimum atomic E-state index is -1.29. The molecule has 1 heterocycles. The monoisotopic (exact) mass is 329 g/mol. The van der Waals surface area contributed by atoms with E-state index >= 15 is 0 Å². The van der Waals surface area contributed by atoms with Gasteiger partial charge in [-0.25, -0.2) is 4.98 Å². The molecule has 0 aliphatic carbocycles. The highest BCUT2D eigenvalue weighted by atomic mass is 32.2. The number of aromatic nitrogens is 1. The molecule has 0 bridgehead atoms. The van der Waals surface area contributed by atoms with Crippen LogP contribution in [0.4, 0.5) is 0 Å². The van der Waals surface area contributed by atoms with Gasteiger partial charge in [0.2, 0.25) is 5.91 Å². The van der Waals surface area contributed by atoms with Crippen molar-refractivity contribution in [2.45, 2.75) is 18.5 Å². The number of amides is 1. The van der Waals surface area contributed by atoms with E-state index in [1.807, 2.05) is 37.3 Å². The first-order valence-corrected chi connectivity index (χ1v) is 8.21. The van der Waals surface area contributed by atoms with Crippen LogP contribution in [-0.2, 0) is 11.3 Å². The summed E-state index contributed by atoms with van der Waals surface area (Å²) >= 11 is 1.11. The fraction of sp³-hybridized carbons (Fsp3) is 0.235. The van der Waals surface area contributed by atoms with Gasteiger partial charge in [0.15, 0.2) is 0 Å². The Balaban J connectivity index is 1.99. The Morgan fingerprint density at radius 2 is 1.91 bits per heavy atom. The summed E-state index contributed by atoms with van der Waals surface area (Å²) in [6, 6.07) is 12.7. The lowest BCUT2D eigenvalue weighted by Crippen LogP contribution is -2.32. The molecule has 120 valence electrons. The molecule has 5 nitrogen and oxygen atoms in total. The summed E-state index contributed by atoms with van der Waals surface area (Å²) in [5.41, 5.74) is 1.07. The maximum Gasteiger partial charge on any atom is 0.233 e. The zero-order chi connectivity index (χ0) is 16.7. The predicted octanol–water partition coefficient (Wildman–Crippen LogP) is 1.59. The van der Waals surface area contributed by atoms with E-state index in [2.05, 4.69) is 4.98 Å². The molecule has 0 radical (unpaired) electrons. The Kier molecular flexibility index (Phi) is 6.17. The van der Waals surface area contributed by atoms with E-state index in [4.69, 9.17) is 0 Å². The van der Waals surface area contributed by atoms with E-state index in [9.17, 15) is 14.7 Å². The lowest BCUT2D eigenvalue weighted by atomic mass is 10.2. The van der Waals surface area contributed by atoms with Crippen LogP contribution in [0.15, 0.2) is 53.7 Å². The first-order chi connectivity index (χ1) is 11.1. The second kappa shape index (κ2) is 8.33. The van der Waals surface area contributed by atoms with Gasteiger partial charge in [-0.05, 0) is 24.6 Å². The van der Waals surface area contributed by atoms with E-state index in [-0.39, 0.29) is 17.2 Å². The molecule has 23 heavy (non-hydrogen) atoms. The Labute approximate surface area is 139 Å². The summed E-state index contributed by atoms with van der Waals surface area (Å²) in [6.07, 6.45) is 1.50. The van der Waals surface area contributed by atoms with Gasteiger partial charge in [-0.3, -0.25) is 4.79 Å². The Morgan fingerprint density at radius 3 is 2.57 bits per heavy atom. The predicted molar refractivity (Wildman–Crippen MR) is 86.8 cm³/mol. The number of carbonyl (C=O) groups is 2. The average molecular weight is 329 g/mol. The van der Waals surface area contributed by atoms with Gasteiger partial charge in [0.1, 0.15) is 5.03 Å². The van der Waals surface area contributed by atoms with Crippen molar-refractivity contribution in [2.75, 3.05) is 12.3 Å². The zero-order valence-corrected chi connectivity index (χ0v) is 13.6. The SMILES string of the molecule is CCN(Cc1ccccc1)C(=O)CSc1ncccc1C(=O)[O-]. The molecule has 1 aromatic carbocycles. The van der Waals surface area contributed by atoms with Gasteiger partial charge in [-0.1, -0.05) is 42.1 Å². The van der Waals surface area contributed by atoms with Crippen molar-refractivity contribution in [3.8, 4) is 0 Å². The van der Waals surface area contributed by atoms with Crippen molar-refractivity contribution in [1.82, 2.24) is 9.88 Å². The van der Waals surface area contributed by atoms with Gasteiger partial charge >= 0.3 is 0 Å². The minimum Gasteiger partial charge on any atom is -0.545 e. The fourth-order valence-corrected chi connectivity index (χ4v) is 2.95. The van der Waals surface area contributed by atoms with Crippen molar-refractivity contribution in [2.24, 2.45) is 0 Å². The summed E-state index contributed by atoms with van der Waals surface area (Å²) < 4.78 is 0. The summed E-state index contributed by atoms with van der Waals surface area (Å²) in [5.74, 6) is -1.21. The van der Waals surface area contributed by atoms with Crippen LogP contribution < -0.4 is 5.11 Å². The molecule has 0 N–H and O–H groups in total. The third kappa shape index (κ3) is 4.82. The average Bonchev–Trinajstić information content (AvgIpc) is 2.58. The molecule has 0 atom stereocenters. The van der Waals surface area contributed by atoms with Gasteiger partial charge in [0, 0.05) is 24.8 Å². The number of hydrogen-bond acceptors (Lipinski definition) is 5. The van der Waals surface area contributed by atoms with Crippen LogP contribution in [0.1, 0.15) is 22.8 Å². The largest absolute Gasteiger partial charge is 0.545 e. The number of aromatic carboxylic acids is 1. The Hall–Kier alpha value is -2.34. The molecule has 1 aromatic heterocycles. The molecule has 0 saturated heterocycles. The quantitative estimate of drug-likeness (QED) is 0.721. The van der Waals surface area contributed by atoms with E-state index in [1.165, 1.54) is 18.3 Å². The number of rotatable bonds is 7. The van der Waals surface area contributed by atoms with Crippen LogP contribution in [0.3, 0.4) is 0 Å². The third-order valence-electron chi connectivity index (χ3n) is 3.27. The summed E-state index contributed by atoms with van der Waals surface area (Å²) in [5, 5.41) is 11.3. The normalized spacial score (nSPS) is 10.3. The van der Waals surface area contributed by atoms with Crippen molar-refractivity contribution >= 4 is 23.6 Å². The number of carboxylic acid groups (broad SMARTS) is 1. The molecular formula is C17H17N2O3S-. The highest BCUT2D eigenvalue weighted by Gasteiger charge is 2.14. The lowest BCUT2D eigenvalue weighted by Gasteiger charge is -2.21. The smallest absolute Gasteiger partial charge is 0.233 e. The number of nitrogens with zero attached hydrogens (tertiary/aromatic N) is 2. The standard InChI is InChI=1S/C17H18N2O3S/c1-2-19(11-13-7-4-3-5-8-13)15(20)12-23-16-14(17(21)22)9-6-10-18-16/h3-10H,2,11-12H2,1H3,(H,21,22)/p-1. The number of thioether (sulfide) groups is 1. The molecule has 2 rings (SSSR count). The van der Waals surface area contributed by atoms with Crippen molar-refractivity contribution in [3.05, 3.63) is 59.8 Å². The molecule has 0 saturated carbocycles. The molecule has 1 amide bonds. The Morgan fingerprint density at radius 1 is 1.17 bits per heavy atom. The lowest BCUT2D eigenvalue weighted by molar-refractivity contribution is -0.255. The molecule has 2 aromatic rings. The maximum absolute atomic E-state index is 12.3. The van der Waals surface area contributed by atoms with Gasteiger partial charge in [0.25, 0.3) is 0 Å². The van der Waals surface area contributed by atoms with Crippen LogP contribution in [0.2, 0.25) is 0 Å². The van der Waals surface area contributed by atoms with E-state index in [0.717, 1.165) is 17.3 Å². The van der Waals surface area contributed by atoms with E-state index in [0.29, 0.717) is 18.1 Å². The van der Waals surface area contributed by atoms with Gasteiger partial charge < -0.3 is 14.8 Å². The van der Waals surface area contributed by atoms with E-state index < -0.39 is 5.97 Å². The molecule has 0 spiro atoms. The summed E-state index contributed by atoms with van der Waals surface area (Å²) in [6.45, 7) is 3.04. The van der Waals surface area contributed by atoms with Gasteiger partial charge in [0.05, 0.1) is 11.7 Å². The van der Waals surface area contributed by atoms with Crippen molar-refractivity contribution in [3.63, 3.8) is 0 Å². The van der Waals surface area contributed by atoms with E-state index in [1.54, 1.807) is 4.90 Å². The van der Waals surface area contributed by atoms with Crippen LogP contribution in [0, 0.1) is 0 Å². The van der Waals surface area contributed by atoms with Crippen LogP contribution in [0.5, 0.6) is 0 Å². The van der Waals surface area contributed by atoms with Gasteiger partial charge in [-0.15, -0.1) is 0 Å². The third-order valence-corrected chi connectivity index (χ3v) is 4.26. The summed E-state index contributed by atoms with van der Waals surface area (Å²) in [7, 11) is 0. The van der Waals surface area contributed by atoms with Gasteiger partial charge in [-0.2, -0.15) is 0 Å².